The minimum atomic E-state index is -0.325. The van der Waals surface area contributed by atoms with Crippen molar-refractivity contribution >= 4 is 5.91 Å². The molecule has 1 amide bonds. The number of hydrogen-bond acceptors (Lipinski definition) is 4. The molecule has 0 saturated carbocycles. The van der Waals surface area contributed by atoms with Crippen LogP contribution in [0.2, 0.25) is 0 Å². The Hall–Kier alpha value is -1.07. The molecule has 1 aliphatic rings. The fraction of sp³-hybridized carbons (Fsp3) is 0.727. The van der Waals surface area contributed by atoms with Gasteiger partial charge in [0.25, 0.3) is 0 Å². The molecule has 1 fully saturated rings. The van der Waals surface area contributed by atoms with Crippen molar-refractivity contribution in [2.45, 2.75) is 31.5 Å². The van der Waals surface area contributed by atoms with Crippen LogP contribution in [0.5, 0.6) is 0 Å². The summed E-state index contributed by atoms with van der Waals surface area (Å²) in [6.45, 7) is 5.08. The molecule has 1 heterocycles. The van der Waals surface area contributed by atoms with E-state index in [2.05, 4.69) is 11.9 Å². The Morgan fingerprint density at radius 1 is 1.62 bits per heavy atom. The van der Waals surface area contributed by atoms with E-state index >= 15 is 0 Å². The number of ether oxygens (including phenoxy) is 2. The van der Waals surface area contributed by atoms with Crippen molar-refractivity contribution in [3.05, 3.63) is 12.8 Å². The van der Waals surface area contributed by atoms with Gasteiger partial charge in [0.2, 0.25) is 5.91 Å². The normalized spacial score (nSPS) is 24.1. The van der Waals surface area contributed by atoms with Crippen LogP contribution in [-0.4, -0.2) is 37.8 Å². The van der Waals surface area contributed by atoms with Crippen LogP contribution in [0, 0.1) is 0 Å². The largest absolute Gasteiger partial charge is 0.502 e. The Labute approximate surface area is 96.0 Å². The third kappa shape index (κ3) is 4.20. The SMILES string of the molecule is C=COCCCNC(=O)C1CCC(CN)O1. The summed E-state index contributed by atoms with van der Waals surface area (Å²) in [7, 11) is 0. The van der Waals surface area contributed by atoms with Gasteiger partial charge in [0, 0.05) is 13.1 Å². The number of hydrogen-bond donors (Lipinski definition) is 2. The summed E-state index contributed by atoms with van der Waals surface area (Å²) in [5.74, 6) is -0.0467. The molecule has 0 aromatic carbocycles. The molecule has 0 aromatic heterocycles. The smallest absolute Gasteiger partial charge is 0.249 e. The van der Waals surface area contributed by atoms with E-state index in [0.29, 0.717) is 19.7 Å². The molecule has 2 unspecified atom stereocenters. The zero-order valence-corrected chi connectivity index (χ0v) is 9.48. The van der Waals surface area contributed by atoms with Crippen molar-refractivity contribution in [3.63, 3.8) is 0 Å². The van der Waals surface area contributed by atoms with Gasteiger partial charge in [-0.2, -0.15) is 0 Å². The molecule has 2 atom stereocenters. The van der Waals surface area contributed by atoms with Crippen molar-refractivity contribution < 1.29 is 14.3 Å². The minimum absolute atomic E-state index is 0.0415. The van der Waals surface area contributed by atoms with E-state index in [-0.39, 0.29) is 18.1 Å². The van der Waals surface area contributed by atoms with Crippen molar-refractivity contribution in [3.8, 4) is 0 Å². The molecule has 3 N–H and O–H groups in total. The topological polar surface area (TPSA) is 73.6 Å². The molecule has 92 valence electrons. The quantitative estimate of drug-likeness (QED) is 0.481. The van der Waals surface area contributed by atoms with Crippen LogP contribution in [-0.2, 0) is 14.3 Å². The number of carbonyl (C=O) groups excluding carboxylic acids is 1. The molecule has 0 bridgehead atoms. The van der Waals surface area contributed by atoms with E-state index in [9.17, 15) is 4.79 Å². The summed E-state index contributed by atoms with van der Waals surface area (Å²) in [5, 5.41) is 2.81. The van der Waals surface area contributed by atoms with E-state index in [1.54, 1.807) is 0 Å². The zero-order valence-electron chi connectivity index (χ0n) is 9.48. The predicted molar refractivity (Wildman–Crippen MR) is 60.7 cm³/mol. The highest BCUT2D eigenvalue weighted by molar-refractivity contribution is 5.80. The standard InChI is InChI=1S/C11H20N2O3/c1-2-15-7-3-6-13-11(14)10-5-4-9(8-12)16-10/h2,9-10H,1,3-8,12H2,(H,13,14). The third-order valence-electron chi connectivity index (χ3n) is 2.52. The summed E-state index contributed by atoms with van der Waals surface area (Å²) >= 11 is 0. The Balaban J connectivity index is 2.09. The lowest BCUT2D eigenvalue weighted by Crippen LogP contribution is -2.36. The molecule has 0 aromatic rings. The summed E-state index contributed by atoms with van der Waals surface area (Å²) in [4.78, 5) is 11.6. The maximum absolute atomic E-state index is 11.6. The van der Waals surface area contributed by atoms with Gasteiger partial charge in [-0.05, 0) is 19.3 Å². The lowest BCUT2D eigenvalue weighted by Gasteiger charge is -2.12. The summed E-state index contributed by atoms with van der Waals surface area (Å²) in [6, 6.07) is 0. The molecule has 5 heteroatoms. The first-order valence-electron chi connectivity index (χ1n) is 5.63. The average molecular weight is 228 g/mol. The van der Waals surface area contributed by atoms with Crippen LogP contribution >= 0.6 is 0 Å². The molecule has 1 rings (SSSR count). The molecule has 5 nitrogen and oxygen atoms in total. The van der Waals surface area contributed by atoms with Crippen molar-refractivity contribution in [2.75, 3.05) is 19.7 Å². The van der Waals surface area contributed by atoms with Gasteiger partial charge >= 0.3 is 0 Å². The summed E-state index contributed by atoms with van der Waals surface area (Å²) in [5.41, 5.74) is 5.47. The van der Waals surface area contributed by atoms with Gasteiger partial charge in [0.05, 0.1) is 19.0 Å². The fourth-order valence-corrected chi connectivity index (χ4v) is 1.64. The first-order chi connectivity index (χ1) is 7.77. The fourth-order valence-electron chi connectivity index (χ4n) is 1.64. The van der Waals surface area contributed by atoms with Gasteiger partial charge in [-0.15, -0.1) is 0 Å². The highest BCUT2D eigenvalue weighted by Crippen LogP contribution is 2.18. The number of nitrogens with one attached hydrogen (secondary N) is 1. The molecule has 0 aliphatic carbocycles. The Morgan fingerprint density at radius 2 is 2.44 bits per heavy atom. The Bertz CT molecular complexity index is 233. The van der Waals surface area contributed by atoms with Gasteiger partial charge in [0.15, 0.2) is 0 Å². The predicted octanol–water partition coefficient (Wildman–Crippen LogP) is 0.159. The molecule has 1 aliphatic heterocycles. The van der Waals surface area contributed by atoms with Gasteiger partial charge in [-0.3, -0.25) is 4.79 Å². The lowest BCUT2D eigenvalue weighted by atomic mass is 10.2. The van der Waals surface area contributed by atoms with Crippen LogP contribution in [0.25, 0.3) is 0 Å². The van der Waals surface area contributed by atoms with Crippen molar-refractivity contribution in [1.29, 1.82) is 0 Å². The Kier molecular flexibility index (Phi) is 5.88. The molecule has 0 radical (unpaired) electrons. The van der Waals surface area contributed by atoms with Gasteiger partial charge in [0.1, 0.15) is 6.10 Å². The molecule has 1 saturated heterocycles. The van der Waals surface area contributed by atoms with Crippen LogP contribution in [0.15, 0.2) is 12.8 Å². The maximum atomic E-state index is 11.6. The van der Waals surface area contributed by atoms with Gasteiger partial charge < -0.3 is 20.5 Å². The van der Waals surface area contributed by atoms with E-state index in [0.717, 1.165) is 19.3 Å². The Morgan fingerprint density at radius 3 is 3.06 bits per heavy atom. The first kappa shape index (κ1) is 13.0. The first-order valence-corrected chi connectivity index (χ1v) is 5.63. The summed E-state index contributed by atoms with van der Waals surface area (Å²) < 4.78 is 10.4. The van der Waals surface area contributed by atoms with E-state index in [4.69, 9.17) is 15.2 Å². The molecular formula is C11H20N2O3. The summed E-state index contributed by atoms with van der Waals surface area (Å²) in [6.07, 6.45) is 3.51. The van der Waals surface area contributed by atoms with E-state index < -0.39 is 0 Å². The van der Waals surface area contributed by atoms with Crippen LogP contribution in [0.1, 0.15) is 19.3 Å². The second-order valence-electron chi connectivity index (χ2n) is 3.74. The lowest BCUT2D eigenvalue weighted by molar-refractivity contribution is -0.131. The van der Waals surface area contributed by atoms with Crippen LogP contribution in [0.3, 0.4) is 0 Å². The highest BCUT2D eigenvalue weighted by atomic mass is 16.5. The van der Waals surface area contributed by atoms with Gasteiger partial charge in [-0.1, -0.05) is 6.58 Å². The van der Waals surface area contributed by atoms with Crippen LogP contribution in [0.4, 0.5) is 0 Å². The second kappa shape index (κ2) is 7.24. The van der Waals surface area contributed by atoms with E-state index in [1.165, 1.54) is 6.26 Å². The molecular weight excluding hydrogens is 208 g/mol. The van der Waals surface area contributed by atoms with E-state index in [1.807, 2.05) is 0 Å². The highest BCUT2D eigenvalue weighted by Gasteiger charge is 2.29. The zero-order chi connectivity index (χ0) is 11.8. The number of carbonyl (C=O) groups is 1. The molecule has 16 heavy (non-hydrogen) atoms. The average Bonchev–Trinajstić information content (AvgIpc) is 2.77. The maximum Gasteiger partial charge on any atom is 0.249 e. The monoisotopic (exact) mass is 228 g/mol. The van der Waals surface area contributed by atoms with Crippen molar-refractivity contribution in [1.82, 2.24) is 5.32 Å². The number of rotatable bonds is 7. The third-order valence-corrected chi connectivity index (χ3v) is 2.52. The van der Waals surface area contributed by atoms with Gasteiger partial charge in [-0.25, -0.2) is 0 Å². The van der Waals surface area contributed by atoms with Crippen molar-refractivity contribution in [2.24, 2.45) is 5.73 Å². The number of amides is 1. The second-order valence-corrected chi connectivity index (χ2v) is 3.74. The molecule has 0 spiro atoms. The minimum Gasteiger partial charge on any atom is -0.502 e. The van der Waals surface area contributed by atoms with Crippen LogP contribution < -0.4 is 11.1 Å². The number of nitrogens with two attached hydrogens (primary N) is 1.